The van der Waals surface area contributed by atoms with Gasteiger partial charge in [-0.3, -0.25) is 0 Å². The van der Waals surface area contributed by atoms with Gasteiger partial charge in [0.05, 0.1) is 11.0 Å². The minimum absolute atomic E-state index is 0.299. The first-order valence-corrected chi connectivity index (χ1v) is 5.59. The summed E-state index contributed by atoms with van der Waals surface area (Å²) in [4.78, 5) is 0. The van der Waals surface area contributed by atoms with Crippen molar-refractivity contribution in [3.05, 3.63) is 23.1 Å². The molecule has 1 atom stereocenters. The van der Waals surface area contributed by atoms with Gasteiger partial charge in [0.15, 0.2) is 5.22 Å². The van der Waals surface area contributed by atoms with Gasteiger partial charge in [-0.2, -0.15) is 4.40 Å². The maximum Gasteiger partial charge on any atom is 0.193 e. The van der Waals surface area contributed by atoms with Crippen molar-refractivity contribution in [2.75, 3.05) is 0 Å². The summed E-state index contributed by atoms with van der Waals surface area (Å²) in [5, 5.41) is 0.299. The van der Waals surface area contributed by atoms with Gasteiger partial charge in [-0.1, -0.05) is 0 Å². The van der Waals surface area contributed by atoms with Crippen LogP contribution >= 0.6 is 11.6 Å². The van der Waals surface area contributed by atoms with Crippen LogP contribution in [0.2, 0.25) is 5.22 Å². The van der Waals surface area contributed by atoms with Gasteiger partial charge < -0.3 is 4.42 Å². The van der Waals surface area contributed by atoms with Crippen molar-refractivity contribution in [1.82, 2.24) is 0 Å². The van der Waals surface area contributed by atoms with Crippen molar-refractivity contribution in [1.29, 1.82) is 0 Å². The normalized spacial score (nSPS) is 14.9. The lowest BCUT2D eigenvalue weighted by Gasteiger charge is -2.12. The van der Waals surface area contributed by atoms with Gasteiger partial charge in [-0.15, -0.1) is 0 Å². The molecule has 78 valence electrons. The van der Waals surface area contributed by atoms with E-state index < -0.39 is 11.0 Å². The minimum atomic E-state index is -1.26. The monoisotopic (exact) mass is 233 g/mol. The Morgan fingerprint density at radius 3 is 2.57 bits per heavy atom. The fourth-order valence-electron chi connectivity index (χ4n) is 0.656. The average molecular weight is 234 g/mol. The van der Waals surface area contributed by atoms with Gasteiger partial charge in [0.2, 0.25) is 0 Å². The van der Waals surface area contributed by atoms with E-state index in [2.05, 4.69) is 4.40 Å². The summed E-state index contributed by atoms with van der Waals surface area (Å²) in [6, 6.07) is 3.29. The molecular weight excluding hydrogens is 222 g/mol. The Morgan fingerprint density at radius 2 is 2.14 bits per heavy atom. The molecule has 1 aromatic rings. The first-order chi connectivity index (χ1) is 6.39. The highest BCUT2D eigenvalue weighted by Crippen LogP contribution is 2.14. The van der Waals surface area contributed by atoms with E-state index >= 15 is 0 Å². The molecule has 0 saturated heterocycles. The van der Waals surface area contributed by atoms with Gasteiger partial charge in [0.1, 0.15) is 16.7 Å². The second-order valence-corrected chi connectivity index (χ2v) is 6.04. The van der Waals surface area contributed by atoms with Crippen LogP contribution in [-0.4, -0.2) is 15.2 Å². The Morgan fingerprint density at radius 1 is 1.50 bits per heavy atom. The number of furan rings is 1. The Kier molecular flexibility index (Phi) is 3.50. The standard InChI is InChI=1S/C9H12ClNO2S/c1-9(2,3)14(12)11-6-7-4-5-8(10)13-7/h4-6H,1-3H3/t14-/m1/s1. The molecule has 0 amide bonds. The van der Waals surface area contributed by atoms with Gasteiger partial charge in [-0.25, -0.2) is 4.21 Å². The van der Waals surface area contributed by atoms with Crippen molar-refractivity contribution < 1.29 is 8.63 Å². The second kappa shape index (κ2) is 4.28. The smallest absolute Gasteiger partial charge is 0.193 e. The molecule has 0 fully saturated rings. The van der Waals surface area contributed by atoms with E-state index in [4.69, 9.17) is 16.0 Å². The van der Waals surface area contributed by atoms with Crippen molar-refractivity contribution in [3.63, 3.8) is 0 Å². The van der Waals surface area contributed by atoms with E-state index in [-0.39, 0.29) is 4.75 Å². The van der Waals surface area contributed by atoms with E-state index in [0.29, 0.717) is 11.0 Å². The van der Waals surface area contributed by atoms with Crippen molar-refractivity contribution >= 4 is 28.8 Å². The molecule has 5 heteroatoms. The molecule has 0 aliphatic carbocycles. The zero-order chi connectivity index (χ0) is 10.8. The number of halogens is 1. The van der Waals surface area contributed by atoms with E-state index in [0.717, 1.165) is 0 Å². The Bertz CT molecular complexity index is 365. The lowest BCUT2D eigenvalue weighted by Crippen LogP contribution is -2.19. The lowest BCUT2D eigenvalue weighted by molar-refractivity contribution is 0.562. The molecule has 0 N–H and O–H groups in total. The molecule has 0 aliphatic rings. The zero-order valence-electron chi connectivity index (χ0n) is 8.28. The topological polar surface area (TPSA) is 42.6 Å². The van der Waals surface area contributed by atoms with Crippen molar-refractivity contribution in [3.8, 4) is 0 Å². The fraction of sp³-hybridized carbons (Fsp3) is 0.444. The molecule has 0 unspecified atom stereocenters. The average Bonchev–Trinajstić information content (AvgIpc) is 2.45. The maximum absolute atomic E-state index is 11.5. The number of hydrogen-bond acceptors (Lipinski definition) is 2. The lowest BCUT2D eigenvalue weighted by atomic mass is 10.3. The van der Waals surface area contributed by atoms with Crippen LogP contribution in [0.15, 0.2) is 20.9 Å². The van der Waals surface area contributed by atoms with E-state index in [1.54, 1.807) is 12.1 Å². The highest BCUT2D eigenvalue weighted by atomic mass is 35.5. The molecule has 1 heterocycles. The van der Waals surface area contributed by atoms with Crippen molar-refractivity contribution in [2.24, 2.45) is 4.40 Å². The third-order valence-electron chi connectivity index (χ3n) is 1.39. The third kappa shape index (κ3) is 3.27. The zero-order valence-corrected chi connectivity index (χ0v) is 9.85. The van der Waals surface area contributed by atoms with Crippen LogP contribution in [-0.2, 0) is 11.0 Å². The van der Waals surface area contributed by atoms with Crippen LogP contribution in [0.5, 0.6) is 0 Å². The second-order valence-electron chi connectivity index (χ2n) is 3.74. The molecular formula is C9H12ClNO2S. The predicted molar refractivity (Wildman–Crippen MR) is 59.2 cm³/mol. The summed E-state index contributed by atoms with van der Waals surface area (Å²) in [6.45, 7) is 5.57. The molecule has 14 heavy (non-hydrogen) atoms. The molecule has 3 nitrogen and oxygen atoms in total. The number of hydrogen-bond donors (Lipinski definition) is 0. The molecule has 1 aromatic heterocycles. The molecule has 0 bridgehead atoms. The molecule has 1 rings (SSSR count). The Labute approximate surface area is 90.8 Å². The molecule has 0 spiro atoms. The highest BCUT2D eigenvalue weighted by Gasteiger charge is 2.18. The molecule has 0 aliphatic heterocycles. The maximum atomic E-state index is 11.5. The van der Waals surface area contributed by atoms with Crippen LogP contribution in [0.25, 0.3) is 0 Å². The number of rotatable bonds is 2. The van der Waals surface area contributed by atoms with Gasteiger partial charge in [0.25, 0.3) is 0 Å². The van der Waals surface area contributed by atoms with Crippen LogP contribution in [0.4, 0.5) is 0 Å². The van der Waals surface area contributed by atoms with Crippen LogP contribution in [0, 0.1) is 0 Å². The summed E-state index contributed by atoms with van der Waals surface area (Å²) in [5.41, 5.74) is 0. The molecule has 0 saturated carbocycles. The Balaban J connectivity index is 2.70. The van der Waals surface area contributed by atoms with Gasteiger partial charge in [0, 0.05) is 0 Å². The van der Waals surface area contributed by atoms with Crippen LogP contribution < -0.4 is 0 Å². The first-order valence-electron chi connectivity index (χ1n) is 4.11. The van der Waals surface area contributed by atoms with E-state index in [1.165, 1.54) is 6.21 Å². The highest BCUT2D eigenvalue weighted by molar-refractivity contribution is 7.85. The van der Waals surface area contributed by atoms with Crippen molar-refractivity contribution in [2.45, 2.75) is 25.5 Å². The minimum Gasteiger partial charge on any atom is -0.444 e. The largest absolute Gasteiger partial charge is 0.444 e. The predicted octanol–water partition coefficient (Wildman–Crippen LogP) is 2.81. The summed E-state index contributed by atoms with van der Waals surface area (Å²) < 4.78 is 20.0. The molecule has 0 radical (unpaired) electrons. The summed E-state index contributed by atoms with van der Waals surface area (Å²) in [5.74, 6) is 0.507. The summed E-state index contributed by atoms with van der Waals surface area (Å²) in [7, 11) is -1.26. The van der Waals surface area contributed by atoms with Crippen LogP contribution in [0.3, 0.4) is 0 Å². The number of nitrogens with zero attached hydrogens (tertiary/aromatic N) is 1. The summed E-state index contributed by atoms with van der Waals surface area (Å²) in [6.07, 6.45) is 1.42. The fourth-order valence-corrected chi connectivity index (χ4v) is 1.32. The van der Waals surface area contributed by atoms with Crippen LogP contribution in [0.1, 0.15) is 26.5 Å². The van der Waals surface area contributed by atoms with Gasteiger partial charge >= 0.3 is 0 Å². The quantitative estimate of drug-likeness (QED) is 0.738. The third-order valence-corrected chi connectivity index (χ3v) is 2.94. The SMILES string of the molecule is CC(C)(C)[S@@](=O)N=Cc1ccc(Cl)o1. The van der Waals surface area contributed by atoms with Gasteiger partial charge in [-0.05, 0) is 44.5 Å². The van der Waals surface area contributed by atoms with E-state index in [1.807, 2.05) is 20.8 Å². The summed E-state index contributed by atoms with van der Waals surface area (Å²) >= 11 is 5.56. The molecule has 0 aromatic carbocycles. The first kappa shape index (κ1) is 11.5. The van der Waals surface area contributed by atoms with E-state index in [9.17, 15) is 4.21 Å². The Hall–Kier alpha value is -0.610.